The predicted octanol–water partition coefficient (Wildman–Crippen LogP) is 7.30. The molecule has 1 heterocycles. The number of benzene rings is 2. The van der Waals surface area contributed by atoms with Gasteiger partial charge in [0.15, 0.2) is 5.75 Å². The first-order valence-corrected chi connectivity index (χ1v) is 12.7. The van der Waals surface area contributed by atoms with E-state index in [1.165, 1.54) is 5.56 Å². The number of aromatic carboxylic acids is 1. The highest BCUT2D eigenvalue weighted by Gasteiger charge is 2.21. The van der Waals surface area contributed by atoms with Gasteiger partial charge < -0.3 is 20.1 Å². The molecule has 2 N–H and O–H groups in total. The van der Waals surface area contributed by atoms with E-state index in [1.54, 1.807) is 23.5 Å². The van der Waals surface area contributed by atoms with Crippen molar-refractivity contribution in [2.24, 2.45) is 0 Å². The average molecular weight is 467 g/mol. The molecule has 0 aliphatic rings. The molecule has 0 amide bonds. The largest absolute Gasteiger partial charge is 0.478 e. The molecular formula is C27H34N2O3S. The summed E-state index contributed by atoms with van der Waals surface area (Å²) >= 11 is 1.68. The lowest BCUT2D eigenvalue weighted by Crippen LogP contribution is -2.26. The molecule has 176 valence electrons. The molecule has 6 heteroatoms. The average Bonchev–Trinajstić information content (AvgIpc) is 3.34. The summed E-state index contributed by atoms with van der Waals surface area (Å²) in [5.74, 6) is 0.478. The third kappa shape index (κ3) is 7.26. The van der Waals surface area contributed by atoms with Crippen LogP contribution in [0.2, 0.25) is 0 Å². The van der Waals surface area contributed by atoms with Gasteiger partial charge in [0.2, 0.25) is 0 Å². The molecular weight excluding hydrogens is 432 g/mol. The number of ether oxygens (including phenoxy) is 1. The summed E-state index contributed by atoms with van der Waals surface area (Å²) in [6.45, 7) is 6.75. The van der Waals surface area contributed by atoms with Gasteiger partial charge in [0, 0.05) is 19.6 Å². The molecule has 0 radical (unpaired) electrons. The van der Waals surface area contributed by atoms with Gasteiger partial charge in [-0.2, -0.15) is 11.3 Å². The van der Waals surface area contributed by atoms with Crippen LogP contribution in [-0.2, 0) is 6.42 Å². The maximum Gasteiger partial charge on any atom is 0.335 e. The highest BCUT2D eigenvalue weighted by molar-refractivity contribution is 7.07. The Morgan fingerprint density at radius 3 is 2.39 bits per heavy atom. The van der Waals surface area contributed by atoms with Crippen molar-refractivity contribution < 1.29 is 14.6 Å². The van der Waals surface area contributed by atoms with E-state index in [0.717, 1.165) is 56.6 Å². The van der Waals surface area contributed by atoms with Crippen LogP contribution in [0.25, 0.3) is 0 Å². The molecule has 0 fully saturated rings. The molecule has 1 aromatic heterocycles. The molecule has 5 nitrogen and oxygen atoms in total. The fourth-order valence-electron chi connectivity index (χ4n) is 3.64. The van der Waals surface area contributed by atoms with Gasteiger partial charge in [0.05, 0.1) is 16.9 Å². The van der Waals surface area contributed by atoms with Crippen LogP contribution < -0.4 is 15.0 Å². The second kappa shape index (κ2) is 12.9. The fraction of sp³-hybridized carbons (Fsp3) is 0.370. The van der Waals surface area contributed by atoms with Crippen LogP contribution in [0.1, 0.15) is 55.5 Å². The predicted molar refractivity (Wildman–Crippen MR) is 138 cm³/mol. The minimum absolute atomic E-state index is 0.265. The van der Waals surface area contributed by atoms with Crippen molar-refractivity contribution in [2.75, 3.05) is 29.9 Å². The summed E-state index contributed by atoms with van der Waals surface area (Å²) in [4.78, 5) is 14.3. The van der Waals surface area contributed by atoms with Crippen molar-refractivity contribution in [3.05, 3.63) is 70.4 Å². The SMILES string of the molecule is CCCCN(CCCC)c1cc(C(=O)O)cc(NCCc2ccsc2)c1Oc1ccccc1. The van der Waals surface area contributed by atoms with Gasteiger partial charge in [0.1, 0.15) is 5.75 Å². The molecule has 3 rings (SSSR count). The van der Waals surface area contributed by atoms with Gasteiger partial charge in [0.25, 0.3) is 0 Å². The van der Waals surface area contributed by atoms with E-state index in [2.05, 4.69) is 40.9 Å². The third-order valence-corrected chi connectivity index (χ3v) is 6.22. The maximum atomic E-state index is 12.0. The summed E-state index contributed by atoms with van der Waals surface area (Å²) in [5, 5.41) is 17.5. The Hall–Kier alpha value is -2.99. The third-order valence-electron chi connectivity index (χ3n) is 5.49. The Bertz CT molecular complexity index is 982. The zero-order valence-corrected chi connectivity index (χ0v) is 20.4. The number of thiophene rings is 1. The Labute approximate surface area is 201 Å². The van der Waals surface area contributed by atoms with Gasteiger partial charge in [-0.25, -0.2) is 4.79 Å². The summed E-state index contributed by atoms with van der Waals surface area (Å²) in [6, 6.07) is 15.2. The molecule has 0 saturated heterocycles. The summed E-state index contributed by atoms with van der Waals surface area (Å²) in [6.07, 6.45) is 5.07. The highest BCUT2D eigenvalue weighted by Crippen LogP contribution is 2.41. The Kier molecular flexibility index (Phi) is 9.63. The molecule has 3 aromatic rings. The van der Waals surface area contributed by atoms with Crippen LogP contribution in [0.4, 0.5) is 11.4 Å². The number of nitrogens with zero attached hydrogens (tertiary/aromatic N) is 1. The number of hydrogen-bond donors (Lipinski definition) is 2. The lowest BCUT2D eigenvalue weighted by molar-refractivity contribution is 0.0697. The van der Waals surface area contributed by atoms with E-state index in [-0.39, 0.29) is 5.56 Å². The van der Waals surface area contributed by atoms with Gasteiger partial charge in [-0.1, -0.05) is 44.9 Å². The lowest BCUT2D eigenvalue weighted by Gasteiger charge is -2.29. The van der Waals surface area contributed by atoms with Crippen molar-refractivity contribution in [2.45, 2.75) is 46.0 Å². The fourth-order valence-corrected chi connectivity index (χ4v) is 4.35. The first-order valence-electron chi connectivity index (χ1n) is 11.8. The van der Waals surface area contributed by atoms with Crippen LogP contribution in [0.15, 0.2) is 59.3 Å². The van der Waals surface area contributed by atoms with Crippen molar-refractivity contribution in [3.63, 3.8) is 0 Å². The standard InChI is InChI=1S/C27H34N2O3S/c1-3-5-15-29(16-6-4-2)25-19-22(27(30)31)18-24(28-14-12-21-13-17-33-20-21)26(25)32-23-10-8-7-9-11-23/h7-11,13,17-20,28H,3-6,12,14-16H2,1-2H3,(H,30,31). The molecule has 0 aliphatic heterocycles. The number of unbranched alkanes of at least 4 members (excludes halogenated alkanes) is 2. The van der Waals surface area contributed by atoms with Crippen molar-refractivity contribution >= 4 is 28.7 Å². The monoisotopic (exact) mass is 466 g/mol. The number of carboxylic acid groups (broad SMARTS) is 1. The van der Waals surface area contributed by atoms with Gasteiger partial charge in [-0.3, -0.25) is 0 Å². The summed E-state index contributed by atoms with van der Waals surface area (Å²) in [5.41, 5.74) is 3.07. The number of rotatable bonds is 14. The van der Waals surface area contributed by atoms with E-state index in [9.17, 15) is 9.90 Å². The number of hydrogen-bond acceptors (Lipinski definition) is 5. The van der Waals surface area contributed by atoms with Crippen LogP contribution >= 0.6 is 11.3 Å². The topological polar surface area (TPSA) is 61.8 Å². The number of anilines is 2. The van der Waals surface area contributed by atoms with Crippen LogP contribution in [0, 0.1) is 0 Å². The molecule has 33 heavy (non-hydrogen) atoms. The number of para-hydroxylation sites is 1. The number of nitrogens with one attached hydrogen (secondary N) is 1. The number of carboxylic acids is 1. The summed E-state index contributed by atoms with van der Waals surface area (Å²) < 4.78 is 6.41. The Balaban J connectivity index is 2.01. The minimum atomic E-state index is -0.936. The Morgan fingerprint density at radius 1 is 1.06 bits per heavy atom. The smallest absolute Gasteiger partial charge is 0.335 e. The van der Waals surface area contributed by atoms with E-state index < -0.39 is 5.97 Å². The minimum Gasteiger partial charge on any atom is -0.478 e. The second-order valence-electron chi connectivity index (χ2n) is 8.09. The van der Waals surface area contributed by atoms with Crippen LogP contribution in [0.3, 0.4) is 0 Å². The first-order chi connectivity index (χ1) is 16.1. The van der Waals surface area contributed by atoms with E-state index >= 15 is 0 Å². The van der Waals surface area contributed by atoms with E-state index in [1.807, 2.05) is 30.3 Å². The first kappa shape index (κ1) is 24.6. The quantitative estimate of drug-likeness (QED) is 0.261. The highest BCUT2D eigenvalue weighted by atomic mass is 32.1. The maximum absolute atomic E-state index is 12.0. The molecule has 0 aliphatic carbocycles. The molecule has 0 unspecified atom stereocenters. The molecule has 0 atom stereocenters. The Morgan fingerprint density at radius 2 is 1.79 bits per heavy atom. The zero-order chi connectivity index (χ0) is 23.5. The summed E-state index contributed by atoms with van der Waals surface area (Å²) in [7, 11) is 0. The van der Waals surface area contributed by atoms with Gasteiger partial charge in [-0.15, -0.1) is 0 Å². The molecule has 0 bridgehead atoms. The van der Waals surface area contributed by atoms with Gasteiger partial charge in [-0.05, 0) is 65.9 Å². The van der Waals surface area contributed by atoms with E-state index in [0.29, 0.717) is 18.0 Å². The van der Waals surface area contributed by atoms with Gasteiger partial charge >= 0.3 is 5.97 Å². The van der Waals surface area contributed by atoms with Crippen LogP contribution in [0.5, 0.6) is 11.5 Å². The zero-order valence-electron chi connectivity index (χ0n) is 19.5. The molecule has 0 saturated carbocycles. The number of carbonyl (C=O) groups is 1. The lowest BCUT2D eigenvalue weighted by atomic mass is 10.1. The normalized spacial score (nSPS) is 10.7. The van der Waals surface area contributed by atoms with Crippen molar-refractivity contribution in [1.82, 2.24) is 0 Å². The second-order valence-corrected chi connectivity index (χ2v) is 8.87. The van der Waals surface area contributed by atoms with Crippen molar-refractivity contribution in [1.29, 1.82) is 0 Å². The van der Waals surface area contributed by atoms with Crippen LogP contribution in [-0.4, -0.2) is 30.7 Å². The van der Waals surface area contributed by atoms with E-state index in [4.69, 9.17) is 4.74 Å². The van der Waals surface area contributed by atoms with Crippen molar-refractivity contribution in [3.8, 4) is 11.5 Å². The molecule has 2 aromatic carbocycles. The molecule has 0 spiro atoms.